The quantitative estimate of drug-likeness (QED) is 0.665. The van der Waals surface area contributed by atoms with Crippen LogP contribution in [-0.2, 0) is 11.3 Å². The number of anilines is 1. The number of hydrogen-bond donors (Lipinski definition) is 2. The molecule has 0 bridgehead atoms. The zero-order valence-electron chi connectivity index (χ0n) is 15.0. The molecule has 0 fully saturated rings. The van der Waals surface area contributed by atoms with Gasteiger partial charge in [0.15, 0.2) is 6.23 Å². The van der Waals surface area contributed by atoms with Crippen molar-refractivity contribution in [3.05, 3.63) is 87.0 Å². The largest absolute Gasteiger partial charge is 0.488 e. The van der Waals surface area contributed by atoms with E-state index in [0.29, 0.717) is 5.70 Å². The number of carbonyl (C=O) groups is 1. The minimum atomic E-state index is -1.41. The van der Waals surface area contributed by atoms with Crippen molar-refractivity contribution in [1.82, 2.24) is 0 Å². The summed E-state index contributed by atoms with van der Waals surface area (Å²) < 4.78 is 46.8. The molecule has 0 aromatic heterocycles. The Morgan fingerprint density at radius 3 is 2.55 bits per heavy atom. The van der Waals surface area contributed by atoms with Gasteiger partial charge >= 0.3 is 5.97 Å². The topological polar surface area (TPSA) is 70.0 Å². The van der Waals surface area contributed by atoms with E-state index in [2.05, 4.69) is 15.9 Å². The number of carboxylic acids is 1. The van der Waals surface area contributed by atoms with Crippen molar-refractivity contribution >= 4 is 27.6 Å². The van der Waals surface area contributed by atoms with E-state index in [-0.39, 0.29) is 33.7 Å². The molecule has 0 amide bonds. The van der Waals surface area contributed by atoms with E-state index in [1.54, 1.807) is 6.92 Å². The van der Waals surface area contributed by atoms with Gasteiger partial charge in [0, 0.05) is 23.4 Å². The summed E-state index contributed by atoms with van der Waals surface area (Å²) in [5, 5.41) is 19.8. The Bertz CT molecular complexity index is 1040. The highest BCUT2D eigenvalue weighted by Gasteiger charge is 2.30. The second-order valence-corrected chi connectivity index (χ2v) is 7.09. The van der Waals surface area contributed by atoms with Crippen LogP contribution in [0.15, 0.2) is 58.4 Å². The Morgan fingerprint density at radius 2 is 1.90 bits per heavy atom. The second kappa shape index (κ2) is 8.30. The van der Waals surface area contributed by atoms with E-state index >= 15 is 0 Å². The maximum atomic E-state index is 14.3. The number of carboxylic acid groups (broad SMARTS) is 1. The molecule has 9 heteroatoms. The Labute approximate surface area is 172 Å². The summed E-state index contributed by atoms with van der Waals surface area (Å²) in [4.78, 5) is 12.4. The molecule has 2 N–H and O–H groups in total. The van der Waals surface area contributed by atoms with Crippen molar-refractivity contribution in [3.8, 4) is 0 Å². The SMILES string of the molecule is CC1=CC(OCc2ccc(F)cc2F)=C(Br)C(O)N1c1cc(C(=O)O)ccc1F. The number of halogens is 4. The van der Waals surface area contributed by atoms with Gasteiger partial charge in [-0.15, -0.1) is 0 Å². The first-order valence-electron chi connectivity index (χ1n) is 8.34. The van der Waals surface area contributed by atoms with Gasteiger partial charge in [-0.2, -0.15) is 0 Å². The fourth-order valence-electron chi connectivity index (χ4n) is 2.82. The van der Waals surface area contributed by atoms with Gasteiger partial charge in [0.2, 0.25) is 0 Å². The normalized spacial score (nSPS) is 16.7. The monoisotopic (exact) mass is 469 g/mol. The van der Waals surface area contributed by atoms with Crippen LogP contribution in [0.25, 0.3) is 0 Å². The van der Waals surface area contributed by atoms with Crippen molar-refractivity contribution in [2.45, 2.75) is 19.8 Å². The van der Waals surface area contributed by atoms with Gasteiger partial charge in [0.1, 0.15) is 29.8 Å². The first kappa shape index (κ1) is 20.9. The second-order valence-electron chi connectivity index (χ2n) is 6.24. The maximum absolute atomic E-state index is 14.3. The molecule has 1 aliphatic rings. The van der Waals surface area contributed by atoms with Crippen LogP contribution in [0.1, 0.15) is 22.8 Å². The molecule has 1 aliphatic heterocycles. The molecule has 1 unspecified atom stereocenters. The molecule has 1 heterocycles. The smallest absolute Gasteiger partial charge is 0.335 e. The Morgan fingerprint density at radius 1 is 1.17 bits per heavy atom. The van der Waals surface area contributed by atoms with Crippen LogP contribution in [0.3, 0.4) is 0 Å². The lowest BCUT2D eigenvalue weighted by Gasteiger charge is -2.34. The third kappa shape index (κ3) is 4.30. The summed E-state index contributed by atoms with van der Waals surface area (Å²) in [5.74, 6) is -3.27. The van der Waals surface area contributed by atoms with Crippen LogP contribution < -0.4 is 4.90 Å². The fourth-order valence-corrected chi connectivity index (χ4v) is 3.25. The van der Waals surface area contributed by atoms with Crippen LogP contribution in [-0.4, -0.2) is 22.4 Å². The van der Waals surface area contributed by atoms with Crippen molar-refractivity contribution in [2.24, 2.45) is 0 Å². The molecule has 0 spiro atoms. The van der Waals surface area contributed by atoms with Gasteiger partial charge in [-0.1, -0.05) is 0 Å². The highest BCUT2D eigenvalue weighted by molar-refractivity contribution is 9.11. The number of aromatic carboxylic acids is 1. The third-order valence-electron chi connectivity index (χ3n) is 4.28. The molecule has 5 nitrogen and oxygen atoms in total. The molecular formula is C20H15BrF3NO4. The summed E-state index contributed by atoms with van der Waals surface area (Å²) in [7, 11) is 0. The lowest BCUT2D eigenvalue weighted by Crippen LogP contribution is -2.37. The first-order chi connectivity index (χ1) is 13.7. The lowest BCUT2D eigenvalue weighted by molar-refractivity contribution is 0.0696. The number of hydrogen-bond acceptors (Lipinski definition) is 4. The van der Waals surface area contributed by atoms with Crippen LogP contribution in [0, 0.1) is 17.5 Å². The molecular weight excluding hydrogens is 455 g/mol. The number of aliphatic hydroxyl groups is 1. The number of nitrogens with zero attached hydrogens (tertiary/aromatic N) is 1. The van der Waals surface area contributed by atoms with Gasteiger partial charge in [-0.05, 0) is 53.2 Å². The minimum absolute atomic E-state index is 0.113. The maximum Gasteiger partial charge on any atom is 0.335 e. The van der Waals surface area contributed by atoms with Gasteiger partial charge < -0.3 is 19.8 Å². The van der Waals surface area contributed by atoms with E-state index in [9.17, 15) is 23.1 Å². The molecule has 0 aliphatic carbocycles. The Hall–Kier alpha value is -2.78. The van der Waals surface area contributed by atoms with Crippen molar-refractivity contribution in [3.63, 3.8) is 0 Å². The van der Waals surface area contributed by atoms with Gasteiger partial charge in [-0.3, -0.25) is 0 Å². The van der Waals surface area contributed by atoms with Crippen LogP contribution in [0.2, 0.25) is 0 Å². The summed E-state index contributed by atoms with van der Waals surface area (Å²) >= 11 is 3.19. The molecule has 2 aromatic carbocycles. The fraction of sp³-hybridized carbons (Fsp3) is 0.150. The van der Waals surface area contributed by atoms with E-state index in [1.165, 1.54) is 17.0 Å². The molecule has 0 radical (unpaired) electrons. The number of allylic oxidation sites excluding steroid dienone is 2. The van der Waals surface area contributed by atoms with E-state index < -0.39 is 29.6 Å². The van der Waals surface area contributed by atoms with E-state index in [0.717, 1.165) is 30.3 Å². The average molecular weight is 470 g/mol. The van der Waals surface area contributed by atoms with Crippen LogP contribution >= 0.6 is 15.9 Å². The predicted molar refractivity (Wildman–Crippen MR) is 103 cm³/mol. The van der Waals surface area contributed by atoms with Crippen LogP contribution in [0.5, 0.6) is 0 Å². The zero-order chi connectivity index (χ0) is 21.3. The Kier molecular flexibility index (Phi) is 5.99. The number of rotatable bonds is 5. The third-order valence-corrected chi connectivity index (χ3v) is 5.08. The van der Waals surface area contributed by atoms with E-state index in [4.69, 9.17) is 9.84 Å². The summed E-state index contributed by atoms with van der Waals surface area (Å²) in [6, 6.07) is 6.31. The highest BCUT2D eigenvalue weighted by atomic mass is 79.9. The van der Waals surface area contributed by atoms with Gasteiger partial charge in [0.25, 0.3) is 0 Å². The van der Waals surface area contributed by atoms with E-state index in [1.807, 2.05) is 0 Å². The predicted octanol–water partition coefficient (Wildman–Crippen LogP) is 4.67. The molecule has 2 aromatic rings. The molecule has 152 valence electrons. The summed E-state index contributed by atoms with van der Waals surface area (Å²) in [6.45, 7) is 1.34. The van der Waals surface area contributed by atoms with Gasteiger partial charge in [0.05, 0.1) is 15.7 Å². The number of aliphatic hydroxyl groups excluding tert-OH is 1. The lowest BCUT2D eigenvalue weighted by atomic mass is 10.1. The molecule has 0 saturated carbocycles. The molecule has 3 rings (SSSR count). The van der Waals surface area contributed by atoms with Crippen molar-refractivity contribution in [1.29, 1.82) is 0 Å². The van der Waals surface area contributed by atoms with Crippen LogP contribution in [0.4, 0.5) is 18.9 Å². The first-order valence-corrected chi connectivity index (χ1v) is 9.13. The molecule has 1 atom stereocenters. The zero-order valence-corrected chi connectivity index (χ0v) is 16.6. The molecule has 0 saturated heterocycles. The van der Waals surface area contributed by atoms with Crippen molar-refractivity contribution < 1.29 is 32.9 Å². The Balaban J connectivity index is 1.87. The molecule has 29 heavy (non-hydrogen) atoms. The average Bonchev–Trinajstić information content (AvgIpc) is 2.66. The summed E-state index contributed by atoms with van der Waals surface area (Å²) in [5.41, 5.74) is 0.196. The highest BCUT2D eigenvalue weighted by Crippen LogP contribution is 2.36. The van der Waals surface area contributed by atoms with Crippen molar-refractivity contribution in [2.75, 3.05) is 4.90 Å². The summed E-state index contributed by atoms with van der Waals surface area (Å²) in [6.07, 6.45) is 0.0667. The standard InChI is InChI=1S/C20H15BrF3NO4/c1-10-6-17(29-9-12-2-4-13(22)8-15(12)24)18(21)19(26)25(10)16-7-11(20(27)28)3-5-14(16)23/h2-8,19,26H,9H2,1H3,(H,27,28). The van der Waals surface area contributed by atoms with Gasteiger partial charge in [-0.25, -0.2) is 18.0 Å². The number of benzene rings is 2. The minimum Gasteiger partial charge on any atom is -0.488 e. The number of ether oxygens (including phenoxy) is 1.